The first kappa shape index (κ1) is 11.5. The Balaban J connectivity index is 2.86. The van der Waals surface area contributed by atoms with Crippen LogP contribution in [0.3, 0.4) is 0 Å². The Hall–Kier alpha value is -1.54. The molecule has 1 aromatic rings. The summed E-state index contributed by atoms with van der Waals surface area (Å²) < 4.78 is 4.77. The number of carbonyl (C=O) groups excluding carboxylic acids is 1. The second-order valence-corrected chi connectivity index (χ2v) is 3.30. The standard InChI is InChI=1S/C10H10N2O2S/c1-2-14-10(13)4-9-7(5-11)3-8(15)6-12-9/h3,6,15H,2,4H2,1H3. The van der Waals surface area contributed by atoms with Crippen LogP contribution in [0.4, 0.5) is 0 Å². The van der Waals surface area contributed by atoms with Crippen molar-refractivity contribution in [3.8, 4) is 6.07 Å². The van der Waals surface area contributed by atoms with E-state index in [1.807, 2.05) is 6.07 Å². The molecule has 0 fully saturated rings. The number of pyridine rings is 1. The molecule has 0 saturated heterocycles. The molecule has 0 aliphatic rings. The highest BCUT2D eigenvalue weighted by Gasteiger charge is 2.10. The third-order valence-electron chi connectivity index (χ3n) is 1.69. The summed E-state index contributed by atoms with van der Waals surface area (Å²) in [6, 6.07) is 3.54. The van der Waals surface area contributed by atoms with Crippen LogP contribution in [-0.2, 0) is 16.0 Å². The molecule has 4 nitrogen and oxygen atoms in total. The van der Waals surface area contributed by atoms with Crippen LogP contribution in [0.15, 0.2) is 17.2 Å². The van der Waals surface area contributed by atoms with Crippen molar-refractivity contribution < 1.29 is 9.53 Å². The van der Waals surface area contributed by atoms with Crippen LogP contribution in [-0.4, -0.2) is 17.6 Å². The Labute approximate surface area is 93.3 Å². The van der Waals surface area contributed by atoms with E-state index in [0.29, 0.717) is 22.8 Å². The van der Waals surface area contributed by atoms with Gasteiger partial charge in [-0.2, -0.15) is 5.26 Å². The average Bonchev–Trinajstić information content (AvgIpc) is 2.21. The van der Waals surface area contributed by atoms with Crippen molar-refractivity contribution >= 4 is 18.6 Å². The molecule has 0 spiro atoms. The molecular weight excluding hydrogens is 212 g/mol. The largest absolute Gasteiger partial charge is 0.466 e. The van der Waals surface area contributed by atoms with E-state index in [2.05, 4.69) is 17.6 Å². The van der Waals surface area contributed by atoms with Crippen LogP contribution >= 0.6 is 12.6 Å². The van der Waals surface area contributed by atoms with Gasteiger partial charge in [-0.3, -0.25) is 9.78 Å². The zero-order valence-electron chi connectivity index (χ0n) is 8.23. The van der Waals surface area contributed by atoms with Crippen LogP contribution < -0.4 is 0 Å². The summed E-state index contributed by atoms with van der Waals surface area (Å²) in [5.41, 5.74) is 0.782. The van der Waals surface area contributed by atoms with Gasteiger partial charge in [0.2, 0.25) is 0 Å². The van der Waals surface area contributed by atoms with Crippen molar-refractivity contribution in [1.82, 2.24) is 4.98 Å². The van der Waals surface area contributed by atoms with E-state index >= 15 is 0 Å². The molecule has 1 rings (SSSR count). The van der Waals surface area contributed by atoms with Crippen LogP contribution in [0.1, 0.15) is 18.2 Å². The lowest BCUT2D eigenvalue weighted by atomic mass is 10.1. The summed E-state index contributed by atoms with van der Waals surface area (Å²) in [6.07, 6.45) is 1.52. The maximum atomic E-state index is 11.2. The van der Waals surface area contributed by atoms with Crippen LogP contribution in [0.25, 0.3) is 0 Å². The summed E-state index contributed by atoms with van der Waals surface area (Å²) in [5.74, 6) is -0.381. The van der Waals surface area contributed by atoms with E-state index < -0.39 is 0 Å². The quantitative estimate of drug-likeness (QED) is 0.619. The molecule has 0 aromatic carbocycles. The highest BCUT2D eigenvalue weighted by atomic mass is 32.1. The number of hydrogen-bond donors (Lipinski definition) is 1. The molecule has 15 heavy (non-hydrogen) atoms. The molecule has 5 heteroatoms. The fourth-order valence-corrected chi connectivity index (χ4v) is 1.26. The van der Waals surface area contributed by atoms with E-state index in [-0.39, 0.29) is 12.4 Å². The average molecular weight is 222 g/mol. The molecule has 1 aromatic heterocycles. The van der Waals surface area contributed by atoms with Gasteiger partial charge in [0.15, 0.2) is 0 Å². The summed E-state index contributed by atoms with van der Waals surface area (Å²) in [5, 5.41) is 8.81. The van der Waals surface area contributed by atoms with Crippen molar-refractivity contribution in [3.63, 3.8) is 0 Å². The van der Waals surface area contributed by atoms with Crippen molar-refractivity contribution in [2.45, 2.75) is 18.2 Å². The number of hydrogen-bond acceptors (Lipinski definition) is 5. The Morgan fingerprint density at radius 3 is 3.07 bits per heavy atom. The molecule has 78 valence electrons. The van der Waals surface area contributed by atoms with Gasteiger partial charge < -0.3 is 4.74 Å². The number of nitrogens with zero attached hydrogens (tertiary/aromatic N) is 2. The molecule has 0 atom stereocenters. The second-order valence-electron chi connectivity index (χ2n) is 2.78. The van der Waals surface area contributed by atoms with E-state index in [1.165, 1.54) is 6.20 Å². The first-order valence-electron chi connectivity index (χ1n) is 4.41. The SMILES string of the molecule is CCOC(=O)Cc1ncc(S)cc1C#N. The first-order chi connectivity index (χ1) is 7.17. The number of aromatic nitrogens is 1. The Morgan fingerprint density at radius 1 is 1.73 bits per heavy atom. The van der Waals surface area contributed by atoms with Gasteiger partial charge in [0.05, 0.1) is 24.3 Å². The first-order valence-corrected chi connectivity index (χ1v) is 4.85. The normalized spacial score (nSPS) is 9.40. The number of carbonyl (C=O) groups is 1. The molecular formula is C10H10N2O2S. The second kappa shape index (κ2) is 5.37. The highest BCUT2D eigenvalue weighted by molar-refractivity contribution is 7.80. The van der Waals surface area contributed by atoms with Crippen LogP contribution in [0, 0.1) is 11.3 Å². The molecule has 0 amide bonds. The minimum Gasteiger partial charge on any atom is -0.466 e. The maximum absolute atomic E-state index is 11.2. The zero-order chi connectivity index (χ0) is 11.3. The van der Waals surface area contributed by atoms with Gasteiger partial charge in [0, 0.05) is 11.1 Å². The van der Waals surface area contributed by atoms with E-state index in [9.17, 15) is 4.79 Å². The highest BCUT2D eigenvalue weighted by Crippen LogP contribution is 2.11. The number of thiol groups is 1. The summed E-state index contributed by atoms with van der Waals surface area (Å²) in [4.78, 5) is 15.7. The van der Waals surface area contributed by atoms with Gasteiger partial charge in [-0.25, -0.2) is 0 Å². The van der Waals surface area contributed by atoms with Gasteiger partial charge in [-0.1, -0.05) is 0 Å². The fourth-order valence-electron chi connectivity index (χ4n) is 1.07. The number of nitriles is 1. The predicted molar refractivity (Wildman–Crippen MR) is 56.5 cm³/mol. The fraction of sp³-hybridized carbons (Fsp3) is 0.300. The predicted octanol–water partition coefficient (Wildman–Crippen LogP) is 1.35. The van der Waals surface area contributed by atoms with Gasteiger partial charge in [-0.15, -0.1) is 12.6 Å². The van der Waals surface area contributed by atoms with Gasteiger partial charge >= 0.3 is 5.97 Å². The minimum atomic E-state index is -0.381. The van der Waals surface area contributed by atoms with Crippen molar-refractivity contribution in [2.75, 3.05) is 6.61 Å². The monoisotopic (exact) mass is 222 g/mol. The van der Waals surface area contributed by atoms with Crippen LogP contribution in [0.2, 0.25) is 0 Å². The lowest BCUT2D eigenvalue weighted by Gasteiger charge is -2.03. The summed E-state index contributed by atoms with van der Waals surface area (Å²) >= 11 is 4.06. The van der Waals surface area contributed by atoms with Crippen LogP contribution in [0.5, 0.6) is 0 Å². The van der Waals surface area contributed by atoms with Gasteiger partial charge in [0.25, 0.3) is 0 Å². The van der Waals surface area contributed by atoms with Crippen molar-refractivity contribution in [3.05, 3.63) is 23.5 Å². The molecule has 1 heterocycles. The Kier molecular flexibility index (Phi) is 4.13. The molecule has 0 aliphatic carbocycles. The van der Waals surface area contributed by atoms with E-state index in [1.54, 1.807) is 13.0 Å². The summed E-state index contributed by atoms with van der Waals surface area (Å²) in [6.45, 7) is 2.05. The van der Waals surface area contributed by atoms with Crippen molar-refractivity contribution in [2.24, 2.45) is 0 Å². The third kappa shape index (κ3) is 3.26. The van der Waals surface area contributed by atoms with Gasteiger partial charge in [-0.05, 0) is 13.0 Å². The lowest BCUT2D eigenvalue weighted by Crippen LogP contribution is -2.10. The third-order valence-corrected chi connectivity index (χ3v) is 1.94. The van der Waals surface area contributed by atoms with E-state index in [4.69, 9.17) is 10.00 Å². The Morgan fingerprint density at radius 2 is 2.47 bits per heavy atom. The lowest BCUT2D eigenvalue weighted by molar-refractivity contribution is -0.142. The maximum Gasteiger partial charge on any atom is 0.311 e. The molecule has 0 N–H and O–H groups in total. The number of ether oxygens (including phenoxy) is 1. The van der Waals surface area contributed by atoms with Gasteiger partial charge in [0.1, 0.15) is 6.07 Å². The zero-order valence-corrected chi connectivity index (χ0v) is 9.12. The molecule has 0 radical (unpaired) electrons. The molecule has 0 aliphatic heterocycles. The Bertz CT molecular complexity index is 412. The topological polar surface area (TPSA) is 63.0 Å². The summed E-state index contributed by atoms with van der Waals surface area (Å²) in [7, 11) is 0. The minimum absolute atomic E-state index is 0.0186. The molecule has 0 saturated carbocycles. The smallest absolute Gasteiger partial charge is 0.311 e. The van der Waals surface area contributed by atoms with Crippen molar-refractivity contribution in [1.29, 1.82) is 5.26 Å². The molecule has 0 bridgehead atoms. The number of esters is 1. The molecule has 0 unspecified atom stereocenters. The number of rotatable bonds is 3. The van der Waals surface area contributed by atoms with E-state index in [0.717, 1.165) is 0 Å².